The van der Waals surface area contributed by atoms with Crippen LogP contribution < -0.4 is 0 Å². The molecule has 5 nitrogen and oxygen atoms in total. The van der Waals surface area contributed by atoms with Gasteiger partial charge in [0.15, 0.2) is 6.29 Å². The van der Waals surface area contributed by atoms with Gasteiger partial charge in [0, 0.05) is 7.11 Å². The zero-order valence-corrected chi connectivity index (χ0v) is 11.5. The average Bonchev–Trinajstić information content (AvgIpc) is 2.67. The van der Waals surface area contributed by atoms with Crippen LogP contribution >= 0.6 is 0 Å². The van der Waals surface area contributed by atoms with E-state index in [0.717, 1.165) is 5.56 Å². The SMILES string of the molecule is COC1OC2(CO)COCC1C2OCc1ccccc1. The van der Waals surface area contributed by atoms with Crippen molar-refractivity contribution in [2.24, 2.45) is 5.92 Å². The third kappa shape index (κ3) is 2.36. The lowest BCUT2D eigenvalue weighted by Gasteiger charge is -2.36. The van der Waals surface area contributed by atoms with E-state index in [4.69, 9.17) is 18.9 Å². The van der Waals surface area contributed by atoms with Crippen LogP contribution in [0.4, 0.5) is 0 Å². The van der Waals surface area contributed by atoms with Gasteiger partial charge in [0.25, 0.3) is 0 Å². The summed E-state index contributed by atoms with van der Waals surface area (Å²) in [6.45, 7) is 1.21. The van der Waals surface area contributed by atoms with Crippen molar-refractivity contribution >= 4 is 0 Å². The molecular weight excluding hydrogens is 260 g/mol. The summed E-state index contributed by atoms with van der Waals surface area (Å²) in [5.41, 5.74) is 0.290. The van der Waals surface area contributed by atoms with E-state index in [-0.39, 0.29) is 24.9 Å². The summed E-state index contributed by atoms with van der Waals surface area (Å²) in [6.07, 6.45) is -0.600. The summed E-state index contributed by atoms with van der Waals surface area (Å²) >= 11 is 0. The average molecular weight is 280 g/mol. The molecule has 4 unspecified atom stereocenters. The van der Waals surface area contributed by atoms with Gasteiger partial charge in [-0.1, -0.05) is 30.3 Å². The van der Waals surface area contributed by atoms with E-state index in [1.165, 1.54) is 0 Å². The number of hydrogen-bond donors (Lipinski definition) is 1. The molecule has 2 heterocycles. The van der Waals surface area contributed by atoms with Crippen LogP contribution in [-0.4, -0.2) is 50.0 Å². The zero-order chi connectivity index (χ0) is 14.0. The minimum absolute atomic E-state index is 0.00962. The summed E-state index contributed by atoms with van der Waals surface area (Å²) in [5.74, 6) is -0.00962. The summed E-state index contributed by atoms with van der Waals surface area (Å²) < 4.78 is 22.7. The quantitative estimate of drug-likeness (QED) is 0.870. The van der Waals surface area contributed by atoms with Gasteiger partial charge in [-0.15, -0.1) is 0 Å². The number of ether oxygens (including phenoxy) is 4. The van der Waals surface area contributed by atoms with Gasteiger partial charge in [0.1, 0.15) is 11.7 Å². The maximum atomic E-state index is 9.71. The topological polar surface area (TPSA) is 57.2 Å². The molecule has 2 saturated heterocycles. The van der Waals surface area contributed by atoms with Crippen molar-refractivity contribution in [1.82, 2.24) is 0 Å². The fraction of sp³-hybridized carbons (Fsp3) is 0.600. The van der Waals surface area contributed by atoms with E-state index in [1.807, 2.05) is 30.3 Å². The first-order valence-electron chi connectivity index (χ1n) is 6.84. The van der Waals surface area contributed by atoms with Crippen molar-refractivity contribution < 1.29 is 24.1 Å². The Morgan fingerprint density at radius 3 is 2.85 bits per heavy atom. The van der Waals surface area contributed by atoms with Crippen molar-refractivity contribution in [3.05, 3.63) is 35.9 Å². The largest absolute Gasteiger partial charge is 0.393 e. The molecule has 110 valence electrons. The molecule has 0 amide bonds. The van der Waals surface area contributed by atoms with E-state index in [0.29, 0.717) is 19.8 Å². The van der Waals surface area contributed by atoms with Gasteiger partial charge in [-0.25, -0.2) is 0 Å². The molecule has 1 aromatic rings. The van der Waals surface area contributed by atoms with Crippen LogP contribution in [0.25, 0.3) is 0 Å². The normalized spacial score (nSPS) is 36.2. The van der Waals surface area contributed by atoms with Gasteiger partial charge in [0.2, 0.25) is 0 Å². The highest BCUT2D eigenvalue weighted by Crippen LogP contribution is 2.42. The Bertz CT molecular complexity index is 437. The third-order valence-electron chi connectivity index (χ3n) is 4.04. The van der Waals surface area contributed by atoms with E-state index in [2.05, 4.69) is 0 Å². The van der Waals surface area contributed by atoms with Crippen molar-refractivity contribution in [3.8, 4) is 0 Å². The lowest BCUT2D eigenvalue weighted by Crippen LogP contribution is -2.54. The van der Waals surface area contributed by atoms with Crippen molar-refractivity contribution in [1.29, 1.82) is 0 Å². The van der Waals surface area contributed by atoms with Gasteiger partial charge in [0.05, 0.1) is 32.3 Å². The van der Waals surface area contributed by atoms with Crippen LogP contribution in [0.2, 0.25) is 0 Å². The fourth-order valence-electron chi connectivity index (χ4n) is 3.00. The molecule has 0 spiro atoms. The number of benzene rings is 1. The summed E-state index contributed by atoms with van der Waals surface area (Å²) in [6, 6.07) is 9.96. The van der Waals surface area contributed by atoms with Gasteiger partial charge < -0.3 is 24.1 Å². The second-order valence-corrected chi connectivity index (χ2v) is 5.34. The summed E-state index contributed by atoms with van der Waals surface area (Å²) in [4.78, 5) is 0. The Morgan fingerprint density at radius 1 is 1.35 bits per heavy atom. The predicted octanol–water partition coefficient (Wildman–Crippen LogP) is 0.952. The molecule has 0 aliphatic carbocycles. The number of aliphatic hydroxyl groups excluding tert-OH is 1. The van der Waals surface area contributed by atoms with Crippen molar-refractivity contribution in [2.45, 2.75) is 24.6 Å². The van der Waals surface area contributed by atoms with E-state index in [9.17, 15) is 5.11 Å². The number of fused-ring (bicyclic) bond motifs is 2. The number of methoxy groups -OCH3 is 1. The van der Waals surface area contributed by atoms with Gasteiger partial charge in [-0.2, -0.15) is 0 Å². The zero-order valence-electron chi connectivity index (χ0n) is 11.5. The highest BCUT2D eigenvalue weighted by molar-refractivity contribution is 5.14. The minimum Gasteiger partial charge on any atom is -0.393 e. The number of rotatable bonds is 5. The molecule has 5 heteroatoms. The van der Waals surface area contributed by atoms with Crippen LogP contribution in [0.1, 0.15) is 5.56 Å². The molecule has 0 radical (unpaired) electrons. The van der Waals surface area contributed by atoms with Crippen LogP contribution in [0, 0.1) is 5.92 Å². The number of aliphatic hydroxyl groups is 1. The lowest BCUT2D eigenvalue weighted by molar-refractivity contribution is -0.199. The first-order valence-corrected chi connectivity index (χ1v) is 6.84. The molecule has 2 aliphatic rings. The van der Waals surface area contributed by atoms with E-state index >= 15 is 0 Å². The van der Waals surface area contributed by atoms with Crippen LogP contribution in [0.15, 0.2) is 30.3 Å². The molecule has 4 atom stereocenters. The molecule has 2 aliphatic heterocycles. The molecule has 20 heavy (non-hydrogen) atoms. The highest BCUT2D eigenvalue weighted by atomic mass is 16.7. The molecule has 2 bridgehead atoms. The van der Waals surface area contributed by atoms with Gasteiger partial charge >= 0.3 is 0 Å². The number of hydrogen-bond acceptors (Lipinski definition) is 5. The van der Waals surface area contributed by atoms with Crippen molar-refractivity contribution in [3.63, 3.8) is 0 Å². The molecule has 3 rings (SSSR count). The molecular formula is C15H20O5. The maximum absolute atomic E-state index is 9.71. The second kappa shape index (κ2) is 5.79. The fourth-order valence-corrected chi connectivity index (χ4v) is 3.00. The Balaban J connectivity index is 1.73. The standard InChI is InChI=1S/C15H20O5/c1-17-14-12-8-18-10-15(9-16,20-14)13(12)19-7-11-5-3-2-4-6-11/h2-6,12-14,16H,7-10H2,1H3. The van der Waals surface area contributed by atoms with Gasteiger partial charge in [-0.05, 0) is 5.56 Å². The molecule has 1 N–H and O–H groups in total. The lowest BCUT2D eigenvalue weighted by atomic mass is 9.89. The summed E-state index contributed by atoms with van der Waals surface area (Å²) in [5, 5.41) is 9.71. The summed E-state index contributed by atoms with van der Waals surface area (Å²) in [7, 11) is 1.60. The minimum atomic E-state index is -0.807. The molecule has 1 aromatic carbocycles. The Morgan fingerprint density at radius 2 is 2.15 bits per heavy atom. The van der Waals surface area contributed by atoms with Crippen LogP contribution in [-0.2, 0) is 25.6 Å². The second-order valence-electron chi connectivity index (χ2n) is 5.34. The molecule has 0 aromatic heterocycles. The predicted molar refractivity (Wildman–Crippen MR) is 71.0 cm³/mol. The Kier molecular flexibility index (Phi) is 4.05. The van der Waals surface area contributed by atoms with E-state index < -0.39 is 5.60 Å². The van der Waals surface area contributed by atoms with Crippen molar-refractivity contribution in [2.75, 3.05) is 26.9 Å². The van der Waals surface area contributed by atoms with E-state index in [1.54, 1.807) is 7.11 Å². The Hall–Kier alpha value is -0.980. The highest BCUT2D eigenvalue weighted by Gasteiger charge is 2.59. The maximum Gasteiger partial charge on any atom is 0.165 e. The van der Waals surface area contributed by atoms with Gasteiger partial charge in [-0.3, -0.25) is 0 Å². The Labute approximate surface area is 118 Å². The monoisotopic (exact) mass is 280 g/mol. The van der Waals surface area contributed by atoms with Crippen LogP contribution in [0.5, 0.6) is 0 Å². The van der Waals surface area contributed by atoms with Crippen LogP contribution in [0.3, 0.4) is 0 Å². The first kappa shape index (κ1) is 14.0. The molecule has 0 saturated carbocycles. The third-order valence-corrected chi connectivity index (χ3v) is 4.04. The molecule has 2 fully saturated rings. The smallest absolute Gasteiger partial charge is 0.165 e. The first-order chi connectivity index (χ1) is 9.79.